The molecule has 1 fully saturated rings. The second-order valence-electron chi connectivity index (χ2n) is 4.78. The van der Waals surface area contributed by atoms with Gasteiger partial charge in [-0.25, -0.2) is 0 Å². The van der Waals surface area contributed by atoms with Crippen LogP contribution in [0.1, 0.15) is 33.6 Å². The van der Waals surface area contributed by atoms with Crippen molar-refractivity contribution in [3.8, 4) is 0 Å². The van der Waals surface area contributed by atoms with Crippen molar-refractivity contribution < 1.29 is 0 Å². The summed E-state index contributed by atoms with van der Waals surface area (Å²) in [6, 6.07) is 0. The molecule has 0 aromatic heterocycles. The van der Waals surface area contributed by atoms with Crippen LogP contribution in [0.25, 0.3) is 0 Å². The lowest BCUT2D eigenvalue weighted by Gasteiger charge is -2.36. The maximum absolute atomic E-state index is 2.51. The van der Waals surface area contributed by atoms with Gasteiger partial charge in [0.05, 0.1) is 5.37 Å². The third-order valence-electron chi connectivity index (χ3n) is 2.32. The average Bonchev–Trinajstić information content (AvgIpc) is 2.11. The highest BCUT2D eigenvalue weighted by Gasteiger charge is 2.29. The van der Waals surface area contributed by atoms with Gasteiger partial charge in [-0.2, -0.15) is 0 Å². The van der Waals surface area contributed by atoms with E-state index in [1.54, 1.807) is 0 Å². The van der Waals surface area contributed by atoms with Crippen molar-refractivity contribution in [2.45, 2.75) is 39.0 Å². The highest BCUT2D eigenvalue weighted by atomic mass is 32.2. The summed E-state index contributed by atoms with van der Waals surface area (Å²) in [4.78, 5) is 2.51. The zero-order chi connectivity index (χ0) is 9.19. The molecule has 2 heteroatoms. The fourth-order valence-electron chi connectivity index (χ4n) is 1.81. The summed E-state index contributed by atoms with van der Waals surface area (Å²) < 4.78 is 0. The van der Waals surface area contributed by atoms with E-state index in [2.05, 4.69) is 44.5 Å². The molecular formula is C10H21NS. The van der Waals surface area contributed by atoms with Crippen molar-refractivity contribution in [3.05, 3.63) is 0 Å². The van der Waals surface area contributed by atoms with Crippen molar-refractivity contribution in [2.75, 3.05) is 19.3 Å². The van der Waals surface area contributed by atoms with E-state index in [0.717, 1.165) is 0 Å². The molecule has 0 radical (unpaired) electrons. The van der Waals surface area contributed by atoms with Gasteiger partial charge in [0.1, 0.15) is 0 Å². The van der Waals surface area contributed by atoms with Crippen molar-refractivity contribution in [1.29, 1.82) is 0 Å². The van der Waals surface area contributed by atoms with E-state index in [1.165, 1.54) is 25.1 Å². The number of rotatable bonds is 0. The first-order valence-corrected chi connectivity index (χ1v) is 5.88. The predicted molar refractivity (Wildman–Crippen MR) is 57.6 cm³/mol. The van der Waals surface area contributed by atoms with Crippen molar-refractivity contribution in [3.63, 3.8) is 0 Å². The van der Waals surface area contributed by atoms with E-state index in [4.69, 9.17) is 0 Å². The Morgan fingerprint density at radius 3 is 2.50 bits per heavy atom. The van der Waals surface area contributed by atoms with Crippen LogP contribution in [-0.2, 0) is 0 Å². The maximum atomic E-state index is 2.51. The molecule has 1 unspecified atom stereocenters. The summed E-state index contributed by atoms with van der Waals surface area (Å²) >= 11 is 2.12. The topological polar surface area (TPSA) is 3.24 Å². The van der Waals surface area contributed by atoms with Gasteiger partial charge in [0.2, 0.25) is 0 Å². The van der Waals surface area contributed by atoms with Crippen LogP contribution in [0.3, 0.4) is 0 Å². The standard InChI is InChI=1S/C10H21NS/c1-10(2,3)9-11(4)7-5-6-8-12-9/h9H,5-8H2,1-4H3. The summed E-state index contributed by atoms with van der Waals surface area (Å²) in [7, 11) is 2.26. The minimum atomic E-state index is 0.420. The number of hydrogen-bond acceptors (Lipinski definition) is 2. The van der Waals surface area contributed by atoms with Crippen molar-refractivity contribution in [2.24, 2.45) is 5.41 Å². The Morgan fingerprint density at radius 1 is 1.25 bits per heavy atom. The van der Waals surface area contributed by atoms with Gasteiger partial charge >= 0.3 is 0 Å². The van der Waals surface area contributed by atoms with Crippen LogP contribution in [0.5, 0.6) is 0 Å². The molecule has 1 heterocycles. The zero-order valence-corrected chi connectivity index (χ0v) is 9.58. The first kappa shape index (κ1) is 10.4. The average molecular weight is 187 g/mol. The Morgan fingerprint density at radius 2 is 1.92 bits per heavy atom. The summed E-state index contributed by atoms with van der Waals surface area (Å²) in [5, 5.41) is 0.708. The molecule has 1 rings (SSSR count). The first-order chi connectivity index (χ1) is 5.52. The Balaban J connectivity index is 2.59. The van der Waals surface area contributed by atoms with Gasteiger partial charge in [-0.05, 0) is 37.6 Å². The van der Waals surface area contributed by atoms with Crippen LogP contribution in [0.2, 0.25) is 0 Å². The summed E-state index contributed by atoms with van der Waals surface area (Å²) in [6.07, 6.45) is 2.76. The smallest absolute Gasteiger partial charge is 0.0603 e. The lowest BCUT2D eigenvalue weighted by molar-refractivity contribution is 0.200. The fraction of sp³-hybridized carbons (Fsp3) is 1.00. The molecule has 1 saturated heterocycles. The van der Waals surface area contributed by atoms with E-state index in [-0.39, 0.29) is 0 Å². The van der Waals surface area contributed by atoms with Crippen LogP contribution in [0.4, 0.5) is 0 Å². The van der Waals surface area contributed by atoms with E-state index >= 15 is 0 Å². The molecule has 0 aromatic rings. The van der Waals surface area contributed by atoms with E-state index in [9.17, 15) is 0 Å². The molecule has 1 aliphatic rings. The van der Waals surface area contributed by atoms with Gasteiger partial charge in [-0.15, -0.1) is 11.8 Å². The highest BCUT2D eigenvalue weighted by molar-refractivity contribution is 7.99. The Bertz CT molecular complexity index is 139. The minimum absolute atomic E-state index is 0.420. The fourth-order valence-corrected chi connectivity index (χ4v) is 3.27. The van der Waals surface area contributed by atoms with Gasteiger partial charge in [0.15, 0.2) is 0 Å². The quantitative estimate of drug-likeness (QED) is 0.574. The normalized spacial score (nSPS) is 28.5. The molecule has 0 saturated carbocycles. The molecule has 0 amide bonds. The van der Waals surface area contributed by atoms with Crippen LogP contribution >= 0.6 is 11.8 Å². The summed E-state index contributed by atoms with van der Waals surface area (Å²) in [6.45, 7) is 8.29. The van der Waals surface area contributed by atoms with Crippen LogP contribution in [-0.4, -0.2) is 29.6 Å². The zero-order valence-electron chi connectivity index (χ0n) is 8.76. The van der Waals surface area contributed by atoms with Gasteiger partial charge in [0.25, 0.3) is 0 Å². The second-order valence-corrected chi connectivity index (χ2v) is 5.96. The first-order valence-electron chi connectivity index (χ1n) is 4.83. The lowest BCUT2D eigenvalue weighted by Crippen LogP contribution is -2.38. The summed E-state index contributed by atoms with van der Waals surface area (Å²) in [5.74, 6) is 1.34. The Kier molecular flexibility index (Phi) is 3.47. The van der Waals surface area contributed by atoms with Gasteiger partial charge in [-0.3, -0.25) is 4.90 Å². The predicted octanol–water partition coefficient (Wildman–Crippen LogP) is 2.82. The third-order valence-corrected chi connectivity index (χ3v) is 4.23. The minimum Gasteiger partial charge on any atom is -0.294 e. The molecular weight excluding hydrogens is 166 g/mol. The molecule has 72 valence electrons. The van der Waals surface area contributed by atoms with Gasteiger partial charge < -0.3 is 0 Å². The third kappa shape index (κ3) is 2.67. The van der Waals surface area contributed by atoms with E-state index < -0.39 is 0 Å². The van der Waals surface area contributed by atoms with Gasteiger partial charge in [0, 0.05) is 0 Å². The molecule has 0 aromatic carbocycles. The van der Waals surface area contributed by atoms with Crippen molar-refractivity contribution >= 4 is 11.8 Å². The molecule has 0 N–H and O–H groups in total. The van der Waals surface area contributed by atoms with Gasteiger partial charge in [-0.1, -0.05) is 20.8 Å². The van der Waals surface area contributed by atoms with Crippen LogP contribution < -0.4 is 0 Å². The Hall–Kier alpha value is 0.310. The summed E-state index contributed by atoms with van der Waals surface area (Å²) in [5.41, 5.74) is 0.420. The molecule has 1 aliphatic heterocycles. The second kappa shape index (κ2) is 4.01. The van der Waals surface area contributed by atoms with Crippen molar-refractivity contribution in [1.82, 2.24) is 4.90 Å². The van der Waals surface area contributed by atoms with E-state index in [1.807, 2.05) is 0 Å². The Labute approximate surface area is 80.9 Å². The molecule has 1 nitrogen and oxygen atoms in total. The molecule has 12 heavy (non-hydrogen) atoms. The number of nitrogens with zero attached hydrogens (tertiary/aromatic N) is 1. The van der Waals surface area contributed by atoms with Crippen LogP contribution in [0, 0.1) is 5.41 Å². The molecule has 0 spiro atoms. The monoisotopic (exact) mass is 187 g/mol. The maximum Gasteiger partial charge on any atom is 0.0603 e. The lowest BCUT2D eigenvalue weighted by atomic mass is 9.95. The molecule has 0 bridgehead atoms. The SMILES string of the molecule is CN1CCCCSC1C(C)(C)C. The van der Waals surface area contributed by atoms with E-state index in [0.29, 0.717) is 10.8 Å². The molecule has 1 atom stereocenters. The largest absolute Gasteiger partial charge is 0.294 e. The molecule has 0 aliphatic carbocycles. The number of hydrogen-bond donors (Lipinski definition) is 0. The number of thioether (sulfide) groups is 1. The van der Waals surface area contributed by atoms with Crippen LogP contribution in [0.15, 0.2) is 0 Å². The highest BCUT2D eigenvalue weighted by Crippen LogP contribution is 2.34.